The van der Waals surface area contributed by atoms with E-state index >= 15 is 0 Å². The Kier molecular flexibility index (Phi) is 8.67. The third-order valence-electron chi connectivity index (χ3n) is 8.79. The average Bonchev–Trinajstić information content (AvgIpc) is 2.93. The second kappa shape index (κ2) is 12.2. The number of rotatable bonds is 6. The summed E-state index contributed by atoms with van der Waals surface area (Å²) in [6, 6.07) is 14.9. The van der Waals surface area contributed by atoms with Crippen LogP contribution in [0.2, 0.25) is 0 Å². The summed E-state index contributed by atoms with van der Waals surface area (Å²) in [5, 5.41) is 3.56. The number of benzene rings is 2. The average molecular weight is 547 g/mol. The number of hydrogen-bond acceptors (Lipinski definition) is 5. The molecule has 2 aliphatic heterocycles. The zero-order chi connectivity index (χ0) is 27.5. The number of nitrogens with zero attached hydrogens (tertiary/aromatic N) is 3. The molecule has 3 aliphatic rings. The predicted octanol–water partition coefficient (Wildman–Crippen LogP) is 4.63. The van der Waals surface area contributed by atoms with Gasteiger partial charge in [0.05, 0.1) is 4.91 Å². The molecule has 1 N–H and O–H groups in total. The highest BCUT2D eigenvalue weighted by atomic mass is 32.2. The molecule has 0 radical (unpaired) electrons. The van der Waals surface area contributed by atoms with E-state index in [-0.39, 0.29) is 23.8 Å². The van der Waals surface area contributed by atoms with Crippen LogP contribution in [-0.2, 0) is 9.59 Å². The maximum atomic E-state index is 13.2. The molecule has 2 aromatic carbocycles. The third-order valence-corrected chi connectivity index (χ3v) is 10.2. The quantitative estimate of drug-likeness (QED) is 0.536. The van der Waals surface area contributed by atoms with Crippen molar-refractivity contribution in [3.8, 4) is 0 Å². The summed E-state index contributed by atoms with van der Waals surface area (Å²) >= 11 is 1.71. The summed E-state index contributed by atoms with van der Waals surface area (Å²) in [7, 11) is 1.90. The first-order chi connectivity index (χ1) is 18.8. The second-order valence-electron chi connectivity index (χ2n) is 11.4. The lowest BCUT2D eigenvalue weighted by Crippen LogP contribution is -2.53. The number of aryl methyl sites for hydroxylation is 2. The van der Waals surface area contributed by atoms with E-state index in [1.807, 2.05) is 30.2 Å². The van der Waals surface area contributed by atoms with Gasteiger partial charge in [-0.05, 0) is 68.9 Å². The van der Waals surface area contributed by atoms with Crippen LogP contribution in [0.15, 0.2) is 47.4 Å². The molecular weight excluding hydrogens is 504 g/mol. The number of amides is 2. The van der Waals surface area contributed by atoms with Crippen LogP contribution in [0.3, 0.4) is 0 Å². The van der Waals surface area contributed by atoms with Gasteiger partial charge >= 0.3 is 0 Å². The minimum absolute atomic E-state index is 0.0226. The van der Waals surface area contributed by atoms with Crippen LogP contribution in [0, 0.1) is 26.7 Å². The summed E-state index contributed by atoms with van der Waals surface area (Å²) < 4.78 is 0. The maximum Gasteiger partial charge on any atom is 0.260 e. The highest BCUT2D eigenvalue weighted by Gasteiger charge is 2.42. The highest BCUT2D eigenvalue weighted by molar-refractivity contribution is 8.04. The smallest absolute Gasteiger partial charge is 0.260 e. The molecular formula is C32H42N4O2S. The van der Waals surface area contributed by atoms with Gasteiger partial charge in [-0.25, -0.2) is 0 Å². The van der Waals surface area contributed by atoms with E-state index < -0.39 is 0 Å². The van der Waals surface area contributed by atoms with Crippen molar-refractivity contribution in [3.63, 3.8) is 0 Å². The van der Waals surface area contributed by atoms with Crippen LogP contribution in [-0.4, -0.2) is 79.2 Å². The number of likely N-dealkylation sites (N-methyl/N-ethyl adjacent to an activating group) is 1. The van der Waals surface area contributed by atoms with Crippen molar-refractivity contribution >= 4 is 35.3 Å². The molecule has 0 aromatic heterocycles. The lowest BCUT2D eigenvalue weighted by molar-refractivity contribution is -0.131. The van der Waals surface area contributed by atoms with Crippen LogP contribution in [0.25, 0.3) is 6.08 Å². The first kappa shape index (κ1) is 27.8. The van der Waals surface area contributed by atoms with Crippen molar-refractivity contribution in [1.29, 1.82) is 0 Å². The van der Waals surface area contributed by atoms with Gasteiger partial charge in [0.1, 0.15) is 0 Å². The molecule has 39 heavy (non-hydrogen) atoms. The second-order valence-corrected chi connectivity index (χ2v) is 12.7. The fourth-order valence-corrected chi connectivity index (χ4v) is 7.70. The van der Waals surface area contributed by atoms with Crippen molar-refractivity contribution in [2.75, 3.05) is 51.2 Å². The summed E-state index contributed by atoms with van der Waals surface area (Å²) in [6.07, 6.45) is 4.61. The number of carbonyl (C=O) groups excluding carboxylic acids is 2. The Labute approximate surface area is 237 Å². The molecule has 0 bridgehead atoms. The summed E-state index contributed by atoms with van der Waals surface area (Å²) in [5.74, 6) is 0.198. The van der Waals surface area contributed by atoms with Crippen LogP contribution in [0.4, 0.5) is 5.69 Å². The molecule has 2 amide bonds. The monoisotopic (exact) mass is 546 g/mol. The topological polar surface area (TPSA) is 55.9 Å². The molecule has 3 unspecified atom stereocenters. The molecule has 3 fully saturated rings. The highest BCUT2D eigenvalue weighted by Crippen LogP contribution is 2.43. The van der Waals surface area contributed by atoms with Crippen LogP contribution in [0.1, 0.15) is 41.5 Å². The Hall–Kier alpha value is -2.77. The fourth-order valence-electron chi connectivity index (χ4n) is 6.22. The summed E-state index contributed by atoms with van der Waals surface area (Å²) in [4.78, 5) is 33.9. The predicted molar refractivity (Wildman–Crippen MR) is 162 cm³/mol. The zero-order valence-corrected chi connectivity index (χ0v) is 24.6. The molecule has 7 heteroatoms. The standard InChI is InChI=1S/C32H42N4O2S/c1-22-7-5-9-25(19-22)20-30-32(38)34(4)28-21-26(11-12-29(28)39-30)31(37)33-13-14-35-15-17-36(18-16-35)27-10-6-8-23(2)24(27)3/h5-10,19-20,26,28-29H,11-18,21H2,1-4H3,(H,33,37)/b30-20+. The Morgan fingerprint density at radius 1 is 1.05 bits per heavy atom. The van der Waals surface area contributed by atoms with E-state index in [0.717, 1.165) is 62.5 Å². The van der Waals surface area contributed by atoms with E-state index in [2.05, 4.69) is 66.2 Å². The maximum absolute atomic E-state index is 13.2. The Morgan fingerprint density at radius 2 is 1.82 bits per heavy atom. The first-order valence-corrected chi connectivity index (χ1v) is 15.2. The van der Waals surface area contributed by atoms with E-state index in [1.54, 1.807) is 11.8 Å². The molecule has 1 saturated carbocycles. The van der Waals surface area contributed by atoms with Crippen LogP contribution < -0.4 is 10.2 Å². The number of thioether (sulfide) groups is 1. The molecule has 3 atom stereocenters. The minimum atomic E-state index is -0.0226. The third kappa shape index (κ3) is 6.36. The van der Waals surface area contributed by atoms with Gasteiger partial charge in [0.25, 0.3) is 5.91 Å². The number of nitrogens with one attached hydrogen (secondary N) is 1. The molecule has 1 aliphatic carbocycles. The van der Waals surface area contributed by atoms with Gasteiger partial charge in [-0.3, -0.25) is 14.5 Å². The molecule has 5 rings (SSSR count). The zero-order valence-electron chi connectivity index (χ0n) is 23.8. The Bertz CT molecular complexity index is 1240. The normalized spacial score (nSPS) is 25.1. The van der Waals surface area contributed by atoms with Gasteiger partial charge in [-0.1, -0.05) is 42.0 Å². The van der Waals surface area contributed by atoms with Gasteiger partial charge in [0, 0.05) is 69.2 Å². The van der Waals surface area contributed by atoms with Crippen molar-refractivity contribution in [2.24, 2.45) is 5.92 Å². The van der Waals surface area contributed by atoms with Gasteiger partial charge in [0.2, 0.25) is 5.91 Å². The Balaban J connectivity index is 1.08. The van der Waals surface area contributed by atoms with Gasteiger partial charge < -0.3 is 15.1 Å². The van der Waals surface area contributed by atoms with Crippen molar-refractivity contribution in [1.82, 2.24) is 15.1 Å². The van der Waals surface area contributed by atoms with E-state index in [0.29, 0.717) is 11.8 Å². The van der Waals surface area contributed by atoms with Crippen LogP contribution >= 0.6 is 11.8 Å². The molecule has 2 heterocycles. The largest absolute Gasteiger partial charge is 0.369 e. The van der Waals surface area contributed by atoms with Gasteiger partial charge in [0.15, 0.2) is 0 Å². The van der Waals surface area contributed by atoms with E-state index in [1.165, 1.54) is 22.4 Å². The van der Waals surface area contributed by atoms with Crippen LogP contribution in [0.5, 0.6) is 0 Å². The molecule has 0 spiro atoms. The van der Waals surface area contributed by atoms with Crippen molar-refractivity contribution in [2.45, 2.75) is 51.3 Å². The lowest BCUT2D eigenvalue weighted by atomic mass is 9.83. The molecule has 2 aromatic rings. The van der Waals surface area contributed by atoms with E-state index in [9.17, 15) is 9.59 Å². The molecule has 6 nitrogen and oxygen atoms in total. The summed E-state index contributed by atoms with van der Waals surface area (Å²) in [6.45, 7) is 12.1. The molecule has 2 saturated heterocycles. The fraction of sp³-hybridized carbons (Fsp3) is 0.500. The number of hydrogen-bond donors (Lipinski definition) is 1. The van der Waals surface area contributed by atoms with Crippen molar-refractivity contribution in [3.05, 3.63) is 69.6 Å². The first-order valence-electron chi connectivity index (χ1n) is 14.3. The SMILES string of the molecule is Cc1cccc(/C=C2/SC3CCC(C(=O)NCCN4CCN(c5cccc(C)c5C)CC4)CC3N(C)C2=O)c1. The molecule has 208 valence electrons. The van der Waals surface area contributed by atoms with Crippen molar-refractivity contribution < 1.29 is 9.59 Å². The van der Waals surface area contributed by atoms with Gasteiger partial charge in [-0.15, -0.1) is 11.8 Å². The number of fused-ring (bicyclic) bond motifs is 1. The Morgan fingerprint density at radius 3 is 2.59 bits per heavy atom. The number of piperazine rings is 1. The minimum Gasteiger partial charge on any atom is -0.369 e. The van der Waals surface area contributed by atoms with Gasteiger partial charge in [-0.2, -0.15) is 0 Å². The van der Waals surface area contributed by atoms with E-state index in [4.69, 9.17) is 0 Å². The summed E-state index contributed by atoms with van der Waals surface area (Å²) in [5.41, 5.74) is 6.32. The number of anilines is 1. The lowest BCUT2D eigenvalue weighted by Gasteiger charge is -2.44. The number of carbonyl (C=O) groups is 2.